The molecule has 138 valence electrons. The number of piperazine rings is 1. The van der Waals surface area contributed by atoms with Crippen molar-refractivity contribution < 1.29 is 4.79 Å². The number of nitrogens with zero attached hydrogens (tertiary/aromatic N) is 3. The Morgan fingerprint density at radius 2 is 1.78 bits per heavy atom. The van der Waals surface area contributed by atoms with Crippen LogP contribution in [0.4, 0.5) is 5.69 Å². The number of aryl methyl sites for hydroxylation is 1. The van der Waals surface area contributed by atoms with Gasteiger partial charge in [0.25, 0.3) is 5.91 Å². The molecule has 1 fully saturated rings. The van der Waals surface area contributed by atoms with E-state index in [9.17, 15) is 4.79 Å². The van der Waals surface area contributed by atoms with E-state index in [1.807, 2.05) is 30.3 Å². The van der Waals surface area contributed by atoms with Gasteiger partial charge in [0.15, 0.2) is 5.17 Å². The zero-order chi connectivity index (χ0) is 18.8. The number of hydrogen-bond acceptors (Lipinski definition) is 4. The van der Waals surface area contributed by atoms with Crippen molar-refractivity contribution in [3.63, 3.8) is 0 Å². The van der Waals surface area contributed by atoms with Crippen LogP contribution in [0.3, 0.4) is 0 Å². The lowest BCUT2D eigenvalue weighted by Gasteiger charge is -2.36. The van der Waals surface area contributed by atoms with Crippen LogP contribution in [0.2, 0.25) is 5.02 Å². The van der Waals surface area contributed by atoms with Crippen molar-refractivity contribution in [2.75, 3.05) is 31.1 Å². The number of aliphatic imine (C=N–C) groups is 1. The standard InChI is InChI=1S/C21H20ClN3OS/c1-15-5-4-7-17(13-15)24-9-11-25(12-10-24)21-23-20(26)19(27-21)14-16-6-2-3-8-18(16)22/h2-8,13-14H,9-12H2,1H3/b19-14-. The quantitative estimate of drug-likeness (QED) is 0.702. The molecule has 2 aliphatic heterocycles. The van der Waals surface area contributed by atoms with Crippen molar-refractivity contribution in [2.45, 2.75) is 6.92 Å². The molecule has 0 unspecified atom stereocenters. The van der Waals surface area contributed by atoms with E-state index in [-0.39, 0.29) is 5.91 Å². The third-order valence-corrected chi connectivity index (χ3v) is 6.11. The molecule has 4 nitrogen and oxygen atoms in total. The highest BCUT2D eigenvalue weighted by molar-refractivity contribution is 8.18. The van der Waals surface area contributed by atoms with Gasteiger partial charge in [0.2, 0.25) is 0 Å². The van der Waals surface area contributed by atoms with Crippen LogP contribution < -0.4 is 4.90 Å². The second-order valence-electron chi connectivity index (χ2n) is 6.64. The summed E-state index contributed by atoms with van der Waals surface area (Å²) in [5.41, 5.74) is 3.37. The van der Waals surface area contributed by atoms with Gasteiger partial charge in [0.1, 0.15) is 0 Å². The average molecular weight is 398 g/mol. The molecule has 0 bridgehead atoms. The largest absolute Gasteiger partial charge is 0.368 e. The summed E-state index contributed by atoms with van der Waals surface area (Å²) in [6, 6.07) is 16.1. The summed E-state index contributed by atoms with van der Waals surface area (Å²) in [5.74, 6) is -0.184. The molecular formula is C21H20ClN3OS. The molecule has 0 spiro atoms. The van der Waals surface area contributed by atoms with E-state index in [1.54, 1.807) is 0 Å². The molecule has 0 saturated carbocycles. The van der Waals surface area contributed by atoms with Crippen LogP contribution in [0.1, 0.15) is 11.1 Å². The Labute approximate surface area is 168 Å². The Morgan fingerprint density at radius 1 is 1.04 bits per heavy atom. The van der Waals surface area contributed by atoms with Gasteiger partial charge in [-0.3, -0.25) is 4.79 Å². The number of anilines is 1. The number of thioether (sulfide) groups is 1. The van der Waals surface area contributed by atoms with Gasteiger partial charge in [0, 0.05) is 36.9 Å². The fraction of sp³-hybridized carbons (Fsp3) is 0.238. The molecule has 2 heterocycles. The Bertz CT molecular complexity index is 933. The van der Waals surface area contributed by atoms with Crippen LogP contribution in [-0.4, -0.2) is 42.2 Å². The van der Waals surface area contributed by atoms with E-state index in [1.165, 1.54) is 23.0 Å². The normalized spacial score (nSPS) is 19.0. The molecule has 1 amide bonds. The van der Waals surface area contributed by atoms with Crippen LogP contribution in [0.5, 0.6) is 0 Å². The monoisotopic (exact) mass is 397 g/mol. The number of benzene rings is 2. The predicted molar refractivity (Wildman–Crippen MR) is 114 cm³/mol. The Morgan fingerprint density at radius 3 is 2.52 bits per heavy atom. The maximum atomic E-state index is 12.3. The molecule has 1 saturated heterocycles. The number of hydrogen-bond donors (Lipinski definition) is 0. The summed E-state index contributed by atoms with van der Waals surface area (Å²) in [4.78, 5) is 21.8. The highest BCUT2D eigenvalue weighted by Crippen LogP contribution is 2.32. The maximum Gasteiger partial charge on any atom is 0.286 e. The van der Waals surface area contributed by atoms with Crippen molar-refractivity contribution >= 4 is 46.2 Å². The van der Waals surface area contributed by atoms with Gasteiger partial charge in [-0.15, -0.1) is 0 Å². The average Bonchev–Trinajstić information content (AvgIpc) is 3.04. The fourth-order valence-corrected chi connectivity index (χ4v) is 4.39. The van der Waals surface area contributed by atoms with E-state index in [4.69, 9.17) is 11.6 Å². The molecule has 0 aromatic heterocycles. The van der Waals surface area contributed by atoms with Crippen LogP contribution in [-0.2, 0) is 4.79 Å². The number of amidine groups is 1. The lowest BCUT2D eigenvalue weighted by atomic mass is 10.2. The van der Waals surface area contributed by atoms with Gasteiger partial charge < -0.3 is 9.80 Å². The molecule has 4 rings (SSSR count). The van der Waals surface area contributed by atoms with E-state index < -0.39 is 0 Å². The Balaban J connectivity index is 1.42. The number of amides is 1. The first kappa shape index (κ1) is 18.1. The number of halogens is 1. The summed E-state index contributed by atoms with van der Waals surface area (Å²) in [7, 11) is 0. The first-order valence-corrected chi connectivity index (χ1v) is 10.1. The predicted octanol–water partition coefficient (Wildman–Crippen LogP) is 4.44. The lowest BCUT2D eigenvalue weighted by molar-refractivity contribution is -0.113. The molecule has 2 aromatic carbocycles. The SMILES string of the molecule is Cc1cccc(N2CCN(C3=NC(=O)/C(=C/c4ccccc4Cl)S3)CC2)c1. The highest BCUT2D eigenvalue weighted by atomic mass is 35.5. The molecule has 6 heteroatoms. The van der Waals surface area contributed by atoms with Crippen LogP contribution >= 0.6 is 23.4 Å². The van der Waals surface area contributed by atoms with Gasteiger partial charge in [-0.05, 0) is 54.1 Å². The summed E-state index contributed by atoms with van der Waals surface area (Å²) in [6.07, 6.45) is 1.83. The molecular weight excluding hydrogens is 378 g/mol. The van der Waals surface area contributed by atoms with Crippen molar-refractivity contribution in [2.24, 2.45) is 4.99 Å². The van der Waals surface area contributed by atoms with Crippen LogP contribution in [0, 0.1) is 6.92 Å². The molecule has 27 heavy (non-hydrogen) atoms. The van der Waals surface area contributed by atoms with Gasteiger partial charge in [-0.1, -0.05) is 41.9 Å². The van der Waals surface area contributed by atoms with Gasteiger partial charge in [0.05, 0.1) is 4.91 Å². The summed E-state index contributed by atoms with van der Waals surface area (Å²) in [5, 5.41) is 1.43. The van der Waals surface area contributed by atoms with Gasteiger partial charge >= 0.3 is 0 Å². The Kier molecular flexibility index (Phi) is 5.23. The third-order valence-electron chi connectivity index (χ3n) is 4.72. The van der Waals surface area contributed by atoms with Crippen LogP contribution in [0.25, 0.3) is 6.08 Å². The highest BCUT2D eigenvalue weighted by Gasteiger charge is 2.28. The molecule has 0 N–H and O–H groups in total. The molecule has 2 aromatic rings. The third kappa shape index (κ3) is 4.04. The van der Waals surface area contributed by atoms with E-state index >= 15 is 0 Å². The van der Waals surface area contributed by atoms with Crippen LogP contribution in [0.15, 0.2) is 58.4 Å². The van der Waals surface area contributed by atoms with Crippen molar-refractivity contribution in [3.8, 4) is 0 Å². The van der Waals surface area contributed by atoms with Gasteiger partial charge in [-0.25, -0.2) is 0 Å². The number of carbonyl (C=O) groups is 1. The molecule has 0 atom stereocenters. The van der Waals surface area contributed by atoms with Crippen molar-refractivity contribution in [1.82, 2.24) is 4.90 Å². The van der Waals surface area contributed by atoms with E-state index in [2.05, 4.69) is 46.0 Å². The maximum absolute atomic E-state index is 12.3. The molecule has 0 aliphatic carbocycles. The number of carbonyl (C=O) groups excluding carboxylic acids is 1. The first-order valence-electron chi connectivity index (χ1n) is 8.94. The summed E-state index contributed by atoms with van der Waals surface area (Å²) >= 11 is 7.64. The van der Waals surface area contributed by atoms with E-state index in [0.717, 1.165) is 36.9 Å². The van der Waals surface area contributed by atoms with Crippen molar-refractivity contribution in [3.05, 3.63) is 69.6 Å². The summed E-state index contributed by atoms with van der Waals surface area (Å²) in [6.45, 7) is 5.66. The lowest BCUT2D eigenvalue weighted by Crippen LogP contribution is -2.47. The molecule has 0 radical (unpaired) electrons. The minimum absolute atomic E-state index is 0.184. The molecule has 2 aliphatic rings. The smallest absolute Gasteiger partial charge is 0.286 e. The fourth-order valence-electron chi connectivity index (χ4n) is 3.25. The minimum atomic E-state index is -0.184. The Hall–Kier alpha value is -2.24. The van der Waals surface area contributed by atoms with E-state index in [0.29, 0.717) is 9.93 Å². The zero-order valence-corrected chi connectivity index (χ0v) is 16.6. The topological polar surface area (TPSA) is 35.9 Å². The van der Waals surface area contributed by atoms with Crippen molar-refractivity contribution in [1.29, 1.82) is 0 Å². The summed E-state index contributed by atoms with van der Waals surface area (Å²) < 4.78 is 0. The second-order valence-corrected chi connectivity index (χ2v) is 8.06. The first-order chi connectivity index (χ1) is 13.1. The zero-order valence-electron chi connectivity index (χ0n) is 15.1. The van der Waals surface area contributed by atoms with Gasteiger partial charge in [-0.2, -0.15) is 4.99 Å². The second kappa shape index (κ2) is 7.79. The minimum Gasteiger partial charge on any atom is -0.368 e. The number of rotatable bonds is 2.